The molecule has 28 heavy (non-hydrogen) atoms. The smallest absolute Gasteiger partial charge is 0.291 e. The molecule has 2 N–H and O–H groups in total. The Bertz CT molecular complexity index is 1030. The number of nitrogens with one attached hydrogen (secondary N) is 1. The molecule has 0 aliphatic rings. The van der Waals surface area contributed by atoms with E-state index < -0.39 is 0 Å². The van der Waals surface area contributed by atoms with Gasteiger partial charge < -0.3 is 14.8 Å². The molecule has 0 saturated heterocycles. The van der Waals surface area contributed by atoms with Gasteiger partial charge in [-0.1, -0.05) is 25.4 Å². The van der Waals surface area contributed by atoms with Crippen LogP contribution in [0.25, 0.3) is 0 Å². The SMILES string of the molecule is Cc1cc(O)c(C(C)C)cc1NC(=O)c1ccc(Cn2nc(C)c(Cl)c2C)o1. The van der Waals surface area contributed by atoms with E-state index in [0.29, 0.717) is 23.0 Å². The Labute approximate surface area is 169 Å². The van der Waals surface area contributed by atoms with Crippen molar-refractivity contribution in [3.63, 3.8) is 0 Å². The molecule has 0 bridgehead atoms. The quantitative estimate of drug-likeness (QED) is 0.577. The fourth-order valence-electron chi connectivity index (χ4n) is 3.05. The normalized spacial score (nSPS) is 11.2. The molecular formula is C21H24ClN3O3. The number of benzene rings is 1. The predicted octanol–water partition coefficient (Wildman–Crippen LogP) is 5.18. The van der Waals surface area contributed by atoms with Crippen LogP contribution >= 0.6 is 11.6 Å². The van der Waals surface area contributed by atoms with E-state index >= 15 is 0 Å². The van der Waals surface area contributed by atoms with E-state index in [0.717, 1.165) is 22.5 Å². The minimum absolute atomic E-state index is 0.138. The summed E-state index contributed by atoms with van der Waals surface area (Å²) >= 11 is 6.18. The topological polar surface area (TPSA) is 80.3 Å². The van der Waals surface area contributed by atoms with Crippen LogP contribution in [0.4, 0.5) is 5.69 Å². The van der Waals surface area contributed by atoms with Crippen molar-refractivity contribution < 1.29 is 14.3 Å². The van der Waals surface area contributed by atoms with Gasteiger partial charge in [-0.15, -0.1) is 0 Å². The Morgan fingerprint density at radius 3 is 2.61 bits per heavy atom. The molecule has 1 aromatic carbocycles. The second-order valence-electron chi connectivity index (χ2n) is 7.24. The highest BCUT2D eigenvalue weighted by atomic mass is 35.5. The van der Waals surface area contributed by atoms with Gasteiger partial charge in [-0.2, -0.15) is 5.10 Å². The number of hydrogen-bond acceptors (Lipinski definition) is 4. The van der Waals surface area contributed by atoms with Crippen molar-refractivity contribution in [3.8, 4) is 5.75 Å². The number of aromatic hydroxyl groups is 1. The first-order chi connectivity index (χ1) is 13.2. The first-order valence-corrected chi connectivity index (χ1v) is 9.48. The summed E-state index contributed by atoms with van der Waals surface area (Å²) in [5, 5.41) is 17.9. The summed E-state index contributed by atoms with van der Waals surface area (Å²) < 4.78 is 7.45. The van der Waals surface area contributed by atoms with Crippen LogP contribution in [0.1, 0.15) is 58.6 Å². The van der Waals surface area contributed by atoms with E-state index in [-0.39, 0.29) is 23.3 Å². The number of aromatic nitrogens is 2. The first-order valence-electron chi connectivity index (χ1n) is 9.10. The summed E-state index contributed by atoms with van der Waals surface area (Å²) in [5.74, 6) is 0.841. The zero-order valence-electron chi connectivity index (χ0n) is 16.6. The standard InChI is InChI=1S/C21H24ClN3O3/c1-11(2)16-9-17(12(3)8-18(16)26)23-21(27)19-7-6-15(28-19)10-25-14(5)20(22)13(4)24-25/h6-9,11,26H,10H2,1-5H3,(H,23,27). The third-order valence-electron chi connectivity index (χ3n) is 4.73. The molecule has 0 spiro atoms. The Kier molecular flexibility index (Phi) is 5.52. The monoisotopic (exact) mass is 401 g/mol. The lowest BCUT2D eigenvalue weighted by atomic mass is 9.99. The number of rotatable bonds is 5. The fourth-order valence-corrected chi connectivity index (χ4v) is 3.19. The molecule has 0 fully saturated rings. The summed E-state index contributed by atoms with van der Waals surface area (Å²) in [6.07, 6.45) is 0. The van der Waals surface area contributed by atoms with E-state index in [2.05, 4.69) is 10.4 Å². The number of furan rings is 1. The lowest BCUT2D eigenvalue weighted by Crippen LogP contribution is -2.12. The summed E-state index contributed by atoms with van der Waals surface area (Å²) in [5.41, 5.74) is 3.81. The number of nitrogens with zero attached hydrogens (tertiary/aromatic N) is 2. The van der Waals surface area contributed by atoms with Gasteiger partial charge in [0.25, 0.3) is 5.91 Å². The molecule has 2 aromatic heterocycles. The minimum atomic E-state index is -0.346. The van der Waals surface area contributed by atoms with Gasteiger partial charge in [0.1, 0.15) is 11.5 Å². The highest BCUT2D eigenvalue weighted by molar-refractivity contribution is 6.31. The first kappa shape index (κ1) is 20.0. The van der Waals surface area contributed by atoms with Gasteiger partial charge >= 0.3 is 0 Å². The van der Waals surface area contributed by atoms with Crippen LogP contribution in [0.2, 0.25) is 5.02 Å². The van der Waals surface area contributed by atoms with Crippen LogP contribution in [0.5, 0.6) is 5.75 Å². The van der Waals surface area contributed by atoms with E-state index in [9.17, 15) is 9.90 Å². The summed E-state index contributed by atoms with van der Waals surface area (Å²) in [6.45, 7) is 9.93. The number of aryl methyl sites for hydroxylation is 2. The molecule has 3 aromatic rings. The number of halogens is 1. The lowest BCUT2D eigenvalue weighted by molar-refractivity contribution is 0.0994. The van der Waals surface area contributed by atoms with Gasteiger partial charge in [0.2, 0.25) is 0 Å². The highest BCUT2D eigenvalue weighted by Crippen LogP contribution is 2.31. The number of hydrogen-bond donors (Lipinski definition) is 2. The third kappa shape index (κ3) is 3.92. The maximum absolute atomic E-state index is 12.6. The van der Waals surface area contributed by atoms with Crippen molar-refractivity contribution in [2.75, 3.05) is 5.32 Å². The second kappa shape index (κ2) is 7.72. The van der Waals surface area contributed by atoms with Crippen LogP contribution in [0.15, 0.2) is 28.7 Å². The molecule has 0 atom stereocenters. The molecule has 2 heterocycles. The zero-order valence-corrected chi connectivity index (χ0v) is 17.4. The second-order valence-corrected chi connectivity index (χ2v) is 7.62. The molecule has 7 heteroatoms. The van der Waals surface area contributed by atoms with Crippen molar-refractivity contribution in [1.82, 2.24) is 9.78 Å². The van der Waals surface area contributed by atoms with Gasteiger partial charge in [-0.05, 0) is 62.1 Å². The molecule has 6 nitrogen and oxygen atoms in total. The van der Waals surface area contributed by atoms with E-state index in [4.69, 9.17) is 16.0 Å². The summed E-state index contributed by atoms with van der Waals surface area (Å²) in [7, 11) is 0. The number of carbonyl (C=O) groups excluding carboxylic acids is 1. The Balaban J connectivity index is 1.78. The average molecular weight is 402 g/mol. The van der Waals surface area contributed by atoms with E-state index in [1.54, 1.807) is 28.9 Å². The average Bonchev–Trinajstić information content (AvgIpc) is 3.18. The molecule has 1 amide bonds. The van der Waals surface area contributed by atoms with Crippen LogP contribution < -0.4 is 5.32 Å². The number of phenols is 1. The largest absolute Gasteiger partial charge is 0.508 e. The molecule has 0 radical (unpaired) electrons. The van der Waals surface area contributed by atoms with Crippen LogP contribution in [0.3, 0.4) is 0 Å². The van der Waals surface area contributed by atoms with Gasteiger partial charge in [-0.25, -0.2) is 0 Å². The van der Waals surface area contributed by atoms with Crippen molar-refractivity contribution >= 4 is 23.2 Å². The fraction of sp³-hybridized carbons (Fsp3) is 0.333. The van der Waals surface area contributed by atoms with Crippen molar-refractivity contribution in [3.05, 3.63) is 63.3 Å². The van der Waals surface area contributed by atoms with Crippen LogP contribution in [-0.4, -0.2) is 20.8 Å². The zero-order chi connectivity index (χ0) is 20.6. The Morgan fingerprint density at radius 1 is 1.29 bits per heavy atom. The summed E-state index contributed by atoms with van der Waals surface area (Å²) in [4.78, 5) is 12.6. The minimum Gasteiger partial charge on any atom is -0.508 e. The van der Waals surface area contributed by atoms with E-state index in [1.165, 1.54) is 0 Å². The van der Waals surface area contributed by atoms with E-state index in [1.807, 2.05) is 34.6 Å². The van der Waals surface area contributed by atoms with Crippen molar-refractivity contribution in [1.29, 1.82) is 0 Å². The molecule has 0 aliphatic heterocycles. The Hall–Kier alpha value is -2.73. The predicted molar refractivity (Wildman–Crippen MR) is 109 cm³/mol. The molecule has 148 valence electrons. The summed E-state index contributed by atoms with van der Waals surface area (Å²) in [6, 6.07) is 6.85. The van der Waals surface area contributed by atoms with Crippen LogP contribution in [0, 0.1) is 20.8 Å². The molecular weight excluding hydrogens is 378 g/mol. The number of carbonyl (C=O) groups is 1. The third-order valence-corrected chi connectivity index (χ3v) is 5.28. The molecule has 3 rings (SSSR count). The maximum atomic E-state index is 12.6. The molecule has 0 unspecified atom stereocenters. The van der Waals surface area contributed by atoms with Gasteiger partial charge in [-0.3, -0.25) is 9.48 Å². The molecule has 0 aliphatic carbocycles. The Morgan fingerprint density at radius 2 is 2.00 bits per heavy atom. The molecule has 0 saturated carbocycles. The number of amides is 1. The van der Waals surface area contributed by atoms with Gasteiger partial charge in [0.15, 0.2) is 5.76 Å². The maximum Gasteiger partial charge on any atom is 0.291 e. The number of phenolic OH excluding ortho intramolecular Hbond substituents is 1. The number of anilines is 1. The van der Waals surface area contributed by atoms with Crippen molar-refractivity contribution in [2.45, 2.75) is 47.1 Å². The lowest BCUT2D eigenvalue weighted by Gasteiger charge is -2.14. The van der Waals surface area contributed by atoms with Gasteiger partial charge in [0, 0.05) is 5.69 Å². The van der Waals surface area contributed by atoms with Crippen LogP contribution in [-0.2, 0) is 6.54 Å². The van der Waals surface area contributed by atoms with Crippen molar-refractivity contribution in [2.24, 2.45) is 0 Å². The van der Waals surface area contributed by atoms with Gasteiger partial charge in [0.05, 0.1) is 23.0 Å². The highest BCUT2D eigenvalue weighted by Gasteiger charge is 2.17.